The van der Waals surface area contributed by atoms with Crippen molar-refractivity contribution >= 4 is 49.3 Å². The van der Waals surface area contributed by atoms with Crippen LogP contribution in [0, 0.1) is 6.92 Å². The number of pyridine rings is 1. The summed E-state index contributed by atoms with van der Waals surface area (Å²) < 4.78 is 0.706. The van der Waals surface area contributed by atoms with Crippen LogP contribution in [-0.2, 0) is 0 Å². The van der Waals surface area contributed by atoms with Gasteiger partial charge in [0.2, 0.25) is 0 Å². The molecule has 0 fully saturated rings. The van der Waals surface area contributed by atoms with Crippen molar-refractivity contribution in [2.24, 2.45) is 0 Å². The van der Waals surface area contributed by atoms with Crippen molar-refractivity contribution in [3.63, 3.8) is 0 Å². The van der Waals surface area contributed by atoms with Crippen molar-refractivity contribution in [3.05, 3.63) is 39.5 Å². The second kappa shape index (κ2) is 4.16. The van der Waals surface area contributed by atoms with Gasteiger partial charge in [0.15, 0.2) is 0 Å². The standard InChI is InChI=1S/C12H9NO2S.BrH/c1-6-4-7(14)5-9-8-2-3-16-11(8)12(15)13-10(6)9;/h2-5,14H,1H3,(H,13,15);1H. The number of benzene rings is 1. The molecule has 2 aromatic heterocycles. The number of thiophene rings is 1. The van der Waals surface area contributed by atoms with Crippen LogP contribution in [0.5, 0.6) is 5.75 Å². The van der Waals surface area contributed by atoms with Crippen LogP contribution in [0.25, 0.3) is 21.0 Å². The monoisotopic (exact) mass is 311 g/mol. The summed E-state index contributed by atoms with van der Waals surface area (Å²) in [5.74, 6) is 0.226. The van der Waals surface area contributed by atoms with E-state index in [1.54, 1.807) is 12.1 Å². The summed E-state index contributed by atoms with van der Waals surface area (Å²) >= 11 is 1.42. The molecule has 0 spiro atoms. The van der Waals surface area contributed by atoms with Crippen LogP contribution in [0.15, 0.2) is 28.4 Å². The van der Waals surface area contributed by atoms with E-state index >= 15 is 0 Å². The molecule has 0 aliphatic heterocycles. The third-order valence-corrected chi connectivity index (χ3v) is 3.63. The van der Waals surface area contributed by atoms with Gasteiger partial charge in [0.05, 0.1) is 5.52 Å². The normalized spacial score (nSPS) is 10.6. The Balaban J connectivity index is 0.00000108. The molecular formula is C12H10BrNO2S. The fraction of sp³-hybridized carbons (Fsp3) is 0.0833. The Labute approximate surface area is 111 Å². The Bertz CT molecular complexity index is 760. The molecule has 1 aromatic carbocycles. The van der Waals surface area contributed by atoms with E-state index in [2.05, 4.69) is 4.98 Å². The first kappa shape index (κ1) is 12.1. The summed E-state index contributed by atoms with van der Waals surface area (Å²) in [5, 5.41) is 13.3. The Morgan fingerprint density at radius 2 is 2.06 bits per heavy atom. The fourth-order valence-corrected chi connectivity index (χ4v) is 2.82. The zero-order valence-electron chi connectivity index (χ0n) is 8.98. The SMILES string of the molecule is Br.Cc1cc(O)cc2c1[nH]c(=O)c1sccc12. The Morgan fingerprint density at radius 1 is 1.29 bits per heavy atom. The molecule has 0 saturated carbocycles. The number of H-pyrrole nitrogens is 1. The van der Waals surface area contributed by atoms with E-state index in [4.69, 9.17) is 0 Å². The van der Waals surface area contributed by atoms with Crippen molar-refractivity contribution in [1.29, 1.82) is 0 Å². The number of halogens is 1. The van der Waals surface area contributed by atoms with Crippen molar-refractivity contribution in [1.82, 2.24) is 4.98 Å². The molecule has 3 rings (SSSR count). The molecule has 0 aliphatic rings. The number of phenols is 1. The van der Waals surface area contributed by atoms with E-state index in [-0.39, 0.29) is 28.3 Å². The molecule has 0 amide bonds. The lowest BCUT2D eigenvalue weighted by molar-refractivity contribution is 0.476. The van der Waals surface area contributed by atoms with Crippen LogP contribution in [0.3, 0.4) is 0 Å². The van der Waals surface area contributed by atoms with Gasteiger partial charge in [0.1, 0.15) is 10.4 Å². The van der Waals surface area contributed by atoms with Gasteiger partial charge in [0.25, 0.3) is 5.56 Å². The Hall–Kier alpha value is -1.33. The predicted octanol–water partition coefficient (Wildman–Crippen LogP) is 3.33. The maximum absolute atomic E-state index is 11.8. The Morgan fingerprint density at radius 3 is 2.82 bits per heavy atom. The molecule has 0 aliphatic carbocycles. The lowest BCUT2D eigenvalue weighted by Crippen LogP contribution is -2.04. The first-order chi connectivity index (χ1) is 7.66. The molecule has 0 atom stereocenters. The van der Waals surface area contributed by atoms with Gasteiger partial charge in [-0.3, -0.25) is 4.79 Å². The van der Waals surface area contributed by atoms with Crippen molar-refractivity contribution in [3.8, 4) is 5.75 Å². The minimum Gasteiger partial charge on any atom is -0.508 e. The van der Waals surface area contributed by atoms with E-state index in [0.29, 0.717) is 4.70 Å². The van der Waals surface area contributed by atoms with Gasteiger partial charge in [0, 0.05) is 10.8 Å². The van der Waals surface area contributed by atoms with Gasteiger partial charge in [-0.1, -0.05) is 0 Å². The van der Waals surface area contributed by atoms with Crippen LogP contribution >= 0.6 is 28.3 Å². The van der Waals surface area contributed by atoms with Gasteiger partial charge >= 0.3 is 0 Å². The average molecular weight is 312 g/mol. The topological polar surface area (TPSA) is 53.1 Å². The maximum atomic E-state index is 11.8. The zero-order valence-corrected chi connectivity index (χ0v) is 11.5. The highest BCUT2D eigenvalue weighted by atomic mass is 79.9. The molecule has 0 bridgehead atoms. The molecule has 88 valence electrons. The van der Waals surface area contributed by atoms with Gasteiger partial charge in [-0.25, -0.2) is 0 Å². The predicted molar refractivity (Wildman–Crippen MR) is 76.7 cm³/mol. The minimum absolute atomic E-state index is 0. The lowest BCUT2D eigenvalue weighted by Gasteiger charge is -2.04. The van der Waals surface area contributed by atoms with E-state index in [9.17, 15) is 9.90 Å². The molecule has 2 heterocycles. The summed E-state index contributed by atoms with van der Waals surface area (Å²) in [6.45, 7) is 1.87. The number of rotatable bonds is 0. The van der Waals surface area contributed by atoms with Crippen LogP contribution in [-0.4, -0.2) is 10.1 Å². The number of aromatic hydroxyl groups is 1. The van der Waals surface area contributed by atoms with E-state index in [1.165, 1.54) is 11.3 Å². The van der Waals surface area contributed by atoms with E-state index in [1.807, 2.05) is 18.4 Å². The van der Waals surface area contributed by atoms with Gasteiger partial charge < -0.3 is 10.1 Å². The van der Waals surface area contributed by atoms with Crippen LogP contribution in [0.2, 0.25) is 0 Å². The quantitative estimate of drug-likeness (QED) is 0.669. The summed E-state index contributed by atoms with van der Waals surface area (Å²) in [5.41, 5.74) is 1.61. The second-order valence-electron chi connectivity index (χ2n) is 3.80. The first-order valence-corrected chi connectivity index (χ1v) is 5.77. The summed E-state index contributed by atoms with van der Waals surface area (Å²) in [4.78, 5) is 14.6. The number of aromatic nitrogens is 1. The second-order valence-corrected chi connectivity index (χ2v) is 4.72. The number of aromatic amines is 1. The average Bonchev–Trinajstić information content (AvgIpc) is 2.69. The van der Waals surface area contributed by atoms with Crippen molar-refractivity contribution in [2.45, 2.75) is 6.92 Å². The number of hydrogen-bond donors (Lipinski definition) is 2. The molecule has 3 nitrogen and oxygen atoms in total. The van der Waals surface area contributed by atoms with Crippen molar-refractivity contribution in [2.75, 3.05) is 0 Å². The summed E-state index contributed by atoms with van der Waals surface area (Å²) in [7, 11) is 0. The van der Waals surface area contributed by atoms with Gasteiger partial charge in [-0.15, -0.1) is 28.3 Å². The first-order valence-electron chi connectivity index (χ1n) is 4.89. The molecule has 0 saturated heterocycles. The zero-order chi connectivity index (χ0) is 11.3. The number of aryl methyl sites for hydroxylation is 1. The minimum atomic E-state index is -0.0636. The van der Waals surface area contributed by atoms with Crippen LogP contribution < -0.4 is 5.56 Å². The number of nitrogens with one attached hydrogen (secondary N) is 1. The maximum Gasteiger partial charge on any atom is 0.266 e. The van der Waals surface area contributed by atoms with Gasteiger partial charge in [-0.2, -0.15) is 0 Å². The molecule has 2 N–H and O–H groups in total. The van der Waals surface area contributed by atoms with Gasteiger partial charge in [-0.05, 0) is 36.1 Å². The number of hydrogen-bond acceptors (Lipinski definition) is 3. The van der Waals surface area contributed by atoms with Crippen LogP contribution in [0.4, 0.5) is 0 Å². The highest BCUT2D eigenvalue weighted by molar-refractivity contribution is 8.93. The molecule has 0 unspecified atom stereocenters. The fourth-order valence-electron chi connectivity index (χ4n) is 2.01. The Kier molecular flexibility index (Phi) is 2.97. The van der Waals surface area contributed by atoms with Crippen LogP contribution in [0.1, 0.15) is 5.56 Å². The summed E-state index contributed by atoms with van der Waals surface area (Å²) in [6, 6.07) is 5.25. The molecular weight excluding hydrogens is 302 g/mol. The molecule has 3 aromatic rings. The third kappa shape index (κ3) is 1.75. The highest BCUT2D eigenvalue weighted by Gasteiger charge is 2.08. The number of phenolic OH excluding ortho intramolecular Hbond substituents is 1. The van der Waals surface area contributed by atoms with Crippen molar-refractivity contribution < 1.29 is 5.11 Å². The molecule has 0 radical (unpaired) electrons. The number of fused-ring (bicyclic) bond motifs is 3. The summed E-state index contributed by atoms with van der Waals surface area (Å²) in [6.07, 6.45) is 0. The largest absolute Gasteiger partial charge is 0.508 e. The molecule has 17 heavy (non-hydrogen) atoms. The molecule has 5 heteroatoms. The van der Waals surface area contributed by atoms with E-state index < -0.39 is 0 Å². The van der Waals surface area contributed by atoms with E-state index in [0.717, 1.165) is 21.9 Å². The smallest absolute Gasteiger partial charge is 0.266 e. The lowest BCUT2D eigenvalue weighted by atomic mass is 10.1. The third-order valence-electron chi connectivity index (χ3n) is 2.72. The highest BCUT2D eigenvalue weighted by Crippen LogP contribution is 2.29.